The van der Waals surface area contributed by atoms with E-state index in [9.17, 15) is 14.4 Å². The van der Waals surface area contributed by atoms with Gasteiger partial charge in [0.25, 0.3) is 0 Å². The molecule has 3 fully saturated rings. The summed E-state index contributed by atoms with van der Waals surface area (Å²) in [5.41, 5.74) is 0.615. The smallest absolute Gasteiger partial charge is 0.313 e. The number of carbonyl (C=O) groups excluding carboxylic acids is 3. The van der Waals surface area contributed by atoms with Gasteiger partial charge in [-0.1, -0.05) is 30.4 Å². The van der Waals surface area contributed by atoms with Crippen LogP contribution in [0.1, 0.15) is 12.8 Å². The molecule has 1 aromatic heterocycles. The molecular formula is C23H20N2O4. The maximum absolute atomic E-state index is 13.0. The molecule has 0 spiro atoms. The van der Waals surface area contributed by atoms with Crippen LogP contribution >= 0.6 is 0 Å². The van der Waals surface area contributed by atoms with Crippen molar-refractivity contribution in [2.24, 2.45) is 35.5 Å². The molecule has 146 valence electrons. The number of pyridine rings is 1. The number of benzene rings is 1. The minimum Gasteiger partial charge on any atom is -0.424 e. The summed E-state index contributed by atoms with van der Waals surface area (Å²) in [7, 11) is 0. The second kappa shape index (κ2) is 5.99. The summed E-state index contributed by atoms with van der Waals surface area (Å²) < 4.78 is 5.49. The molecule has 4 aliphatic carbocycles. The molecule has 0 unspecified atom stereocenters. The lowest BCUT2D eigenvalue weighted by atomic mass is 9.63. The maximum Gasteiger partial charge on any atom is 0.313 e. The van der Waals surface area contributed by atoms with Crippen LogP contribution in [-0.4, -0.2) is 34.2 Å². The Morgan fingerprint density at radius 3 is 2.45 bits per heavy atom. The first-order chi connectivity index (χ1) is 14.1. The fraction of sp³-hybridized carbons (Fsp3) is 0.391. The fourth-order valence-electron chi connectivity index (χ4n) is 5.77. The number of para-hydroxylation sites is 1. The highest BCUT2D eigenvalue weighted by Gasteiger charge is 2.66. The molecule has 5 aliphatic rings. The number of hydrogen-bond acceptors (Lipinski definition) is 5. The van der Waals surface area contributed by atoms with Crippen LogP contribution in [0, 0.1) is 35.5 Å². The van der Waals surface area contributed by atoms with Gasteiger partial charge in [-0.15, -0.1) is 0 Å². The summed E-state index contributed by atoms with van der Waals surface area (Å²) in [5.74, 6) is 0.812. The van der Waals surface area contributed by atoms with Crippen molar-refractivity contribution in [3.8, 4) is 5.75 Å². The SMILES string of the molecule is O=C(CCN1C(=O)[C@H]2[C@@H]3C=C[C@@H]([C@H]4C[C@H]34)[C@@H]2C1=O)Oc1cccc2cccnc12. The Bertz CT molecular complexity index is 1050. The number of nitrogens with zero attached hydrogens (tertiary/aromatic N) is 2. The minimum absolute atomic E-state index is 0.0181. The highest BCUT2D eigenvalue weighted by molar-refractivity contribution is 6.06. The summed E-state index contributed by atoms with van der Waals surface area (Å²) in [6, 6.07) is 9.12. The van der Waals surface area contributed by atoms with Crippen LogP contribution < -0.4 is 4.74 Å². The molecule has 6 nitrogen and oxygen atoms in total. The van der Waals surface area contributed by atoms with Gasteiger partial charge in [-0.3, -0.25) is 24.3 Å². The molecule has 2 heterocycles. The largest absolute Gasteiger partial charge is 0.424 e. The zero-order valence-electron chi connectivity index (χ0n) is 15.7. The van der Waals surface area contributed by atoms with E-state index in [4.69, 9.17) is 4.74 Å². The molecule has 7 rings (SSSR count). The van der Waals surface area contributed by atoms with Gasteiger partial charge in [0.1, 0.15) is 5.52 Å². The minimum atomic E-state index is -0.470. The molecule has 0 radical (unpaired) electrons. The highest BCUT2D eigenvalue weighted by Crippen LogP contribution is 2.65. The number of fused-ring (bicyclic) bond motifs is 1. The Morgan fingerprint density at radius 1 is 1.03 bits per heavy atom. The normalized spacial score (nSPS) is 33.7. The number of ether oxygens (including phenoxy) is 1. The molecule has 1 aromatic carbocycles. The number of hydrogen-bond donors (Lipinski definition) is 0. The number of imide groups is 1. The molecular weight excluding hydrogens is 368 g/mol. The standard InChI is InChI=1S/C23H20N2O4/c26-18(29-17-5-1-3-12-4-2-9-24-21(12)17)8-10-25-22(27)19-13-6-7-14(16-11-15(13)16)20(19)23(25)28/h1-7,9,13-16,19-20H,8,10-11H2/t13-,14+,15-,16-,19+,20+/m1/s1. The van der Waals surface area contributed by atoms with Gasteiger partial charge in [0.15, 0.2) is 5.75 Å². The van der Waals surface area contributed by atoms with Crippen molar-refractivity contribution in [2.75, 3.05) is 6.54 Å². The third-order valence-corrected chi connectivity index (χ3v) is 7.11. The van der Waals surface area contributed by atoms with Gasteiger partial charge in [-0.25, -0.2) is 0 Å². The van der Waals surface area contributed by atoms with E-state index in [1.807, 2.05) is 18.2 Å². The second-order valence-corrected chi connectivity index (χ2v) is 8.54. The molecule has 0 N–H and O–H groups in total. The second-order valence-electron chi connectivity index (χ2n) is 8.54. The van der Waals surface area contributed by atoms with E-state index < -0.39 is 5.97 Å². The van der Waals surface area contributed by atoms with E-state index in [0.717, 1.165) is 11.8 Å². The van der Waals surface area contributed by atoms with E-state index in [2.05, 4.69) is 17.1 Å². The Kier molecular flexibility index (Phi) is 3.49. The maximum atomic E-state index is 13.0. The Hall–Kier alpha value is -3.02. The lowest BCUT2D eigenvalue weighted by molar-refractivity contribution is -0.141. The molecule has 2 amide bonds. The van der Waals surface area contributed by atoms with Crippen LogP contribution in [0.15, 0.2) is 48.7 Å². The van der Waals surface area contributed by atoms with E-state index in [1.165, 1.54) is 4.90 Å². The summed E-state index contributed by atoms with van der Waals surface area (Å²) in [4.78, 5) is 43.9. The Labute approximate surface area is 167 Å². The number of likely N-dealkylation sites (tertiary alicyclic amines) is 1. The van der Waals surface area contributed by atoms with Gasteiger partial charge in [0.2, 0.25) is 11.8 Å². The number of rotatable bonds is 4. The first kappa shape index (κ1) is 16.9. The Balaban J connectivity index is 1.15. The first-order valence-corrected chi connectivity index (χ1v) is 10.2. The quantitative estimate of drug-likeness (QED) is 0.348. The molecule has 2 saturated carbocycles. The van der Waals surface area contributed by atoms with Gasteiger partial charge in [0, 0.05) is 18.1 Å². The molecule has 2 bridgehead atoms. The van der Waals surface area contributed by atoms with E-state index in [-0.39, 0.29) is 48.5 Å². The molecule has 2 aromatic rings. The molecule has 6 heteroatoms. The van der Waals surface area contributed by atoms with Crippen LogP contribution in [-0.2, 0) is 14.4 Å². The number of allylic oxidation sites excluding steroid dienone is 2. The van der Waals surface area contributed by atoms with Gasteiger partial charge in [-0.2, -0.15) is 0 Å². The van der Waals surface area contributed by atoms with Crippen LogP contribution in [0.25, 0.3) is 10.9 Å². The van der Waals surface area contributed by atoms with Gasteiger partial charge in [-0.05, 0) is 42.2 Å². The highest BCUT2D eigenvalue weighted by atomic mass is 16.5. The van der Waals surface area contributed by atoms with Crippen molar-refractivity contribution in [1.29, 1.82) is 0 Å². The number of carbonyl (C=O) groups is 3. The number of aromatic nitrogens is 1. The van der Waals surface area contributed by atoms with Gasteiger partial charge in [0.05, 0.1) is 18.3 Å². The molecule has 1 aliphatic heterocycles. The third-order valence-electron chi connectivity index (χ3n) is 7.11. The topological polar surface area (TPSA) is 76.6 Å². The van der Waals surface area contributed by atoms with Crippen LogP contribution in [0.2, 0.25) is 0 Å². The summed E-state index contributed by atoms with van der Waals surface area (Å²) >= 11 is 0. The van der Waals surface area contributed by atoms with E-state index >= 15 is 0 Å². The molecule has 6 atom stereocenters. The van der Waals surface area contributed by atoms with Crippen LogP contribution in [0.3, 0.4) is 0 Å². The molecule has 1 saturated heterocycles. The van der Waals surface area contributed by atoms with Crippen molar-refractivity contribution in [1.82, 2.24) is 9.88 Å². The van der Waals surface area contributed by atoms with Gasteiger partial charge < -0.3 is 4.74 Å². The summed E-state index contributed by atoms with van der Waals surface area (Å²) in [6.07, 6.45) is 7.07. The average molecular weight is 388 g/mol. The zero-order valence-corrected chi connectivity index (χ0v) is 15.7. The molecule has 29 heavy (non-hydrogen) atoms. The first-order valence-electron chi connectivity index (χ1n) is 10.2. The predicted molar refractivity (Wildman–Crippen MR) is 103 cm³/mol. The van der Waals surface area contributed by atoms with E-state index in [1.54, 1.807) is 18.3 Å². The number of esters is 1. The number of amides is 2. The lowest BCUT2D eigenvalue weighted by Crippen LogP contribution is -2.40. The summed E-state index contributed by atoms with van der Waals surface area (Å²) in [6.45, 7) is 0.0798. The van der Waals surface area contributed by atoms with Crippen LogP contribution in [0.5, 0.6) is 5.75 Å². The van der Waals surface area contributed by atoms with E-state index in [0.29, 0.717) is 23.1 Å². The predicted octanol–water partition coefficient (Wildman–Crippen LogP) is 2.58. The third kappa shape index (κ3) is 2.41. The Morgan fingerprint density at radius 2 is 1.72 bits per heavy atom. The van der Waals surface area contributed by atoms with Crippen molar-refractivity contribution < 1.29 is 19.1 Å². The monoisotopic (exact) mass is 388 g/mol. The van der Waals surface area contributed by atoms with Crippen LogP contribution in [0.4, 0.5) is 0 Å². The average Bonchev–Trinajstić information content (AvgIpc) is 3.52. The van der Waals surface area contributed by atoms with Crippen molar-refractivity contribution >= 4 is 28.7 Å². The van der Waals surface area contributed by atoms with Crippen molar-refractivity contribution in [2.45, 2.75) is 12.8 Å². The summed E-state index contributed by atoms with van der Waals surface area (Å²) in [5, 5.41) is 0.883. The van der Waals surface area contributed by atoms with Crippen molar-refractivity contribution in [3.63, 3.8) is 0 Å². The lowest BCUT2D eigenvalue weighted by Gasteiger charge is -2.37. The fourth-order valence-corrected chi connectivity index (χ4v) is 5.77. The van der Waals surface area contributed by atoms with Gasteiger partial charge >= 0.3 is 5.97 Å². The zero-order chi connectivity index (χ0) is 19.7. The van der Waals surface area contributed by atoms with Crippen molar-refractivity contribution in [3.05, 3.63) is 48.7 Å².